The lowest BCUT2D eigenvalue weighted by molar-refractivity contribution is -0.384. The Hall–Kier alpha value is -3.38. The molecule has 0 bridgehead atoms. The van der Waals surface area contributed by atoms with Crippen molar-refractivity contribution in [2.75, 3.05) is 37.9 Å². The summed E-state index contributed by atoms with van der Waals surface area (Å²) in [5.74, 6) is -1.08. The lowest BCUT2D eigenvalue weighted by Crippen LogP contribution is -2.36. The number of carbonyl (C=O) groups excluding carboxylic acids is 2. The summed E-state index contributed by atoms with van der Waals surface area (Å²) in [7, 11) is 2.76. The van der Waals surface area contributed by atoms with Crippen LogP contribution >= 0.6 is 11.6 Å². The van der Waals surface area contributed by atoms with Crippen LogP contribution in [0.15, 0.2) is 36.4 Å². The van der Waals surface area contributed by atoms with Crippen LogP contribution in [0.5, 0.6) is 5.75 Å². The van der Waals surface area contributed by atoms with E-state index in [0.717, 1.165) is 12.1 Å². The quantitative estimate of drug-likeness (QED) is 0.444. The number of anilines is 2. The second-order valence-corrected chi connectivity index (χ2v) is 7.01. The van der Waals surface area contributed by atoms with E-state index in [9.17, 15) is 32.9 Å². The molecule has 9 nitrogen and oxygen atoms in total. The molecule has 2 aromatic carbocycles. The minimum absolute atomic E-state index is 0.0560. The second kappa shape index (κ2) is 10.3. The highest BCUT2D eigenvalue weighted by atomic mass is 35.5. The first-order chi connectivity index (χ1) is 14.9. The molecule has 2 rings (SSSR count). The Kier molecular flexibility index (Phi) is 8.00. The first-order valence-electron chi connectivity index (χ1n) is 8.88. The fraction of sp³-hybridized carbons (Fsp3) is 0.263. The average molecular weight is 475 g/mol. The maximum atomic E-state index is 12.9. The maximum Gasteiger partial charge on any atom is 0.417 e. The van der Waals surface area contributed by atoms with Crippen LogP contribution in [0.3, 0.4) is 0 Å². The molecule has 0 aliphatic carbocycles. The number of ether oxygens (including phenoxy) is 1. The van der Waals surface area contributed by atoms with Crippen molar-refractivity contribution >= 4 is 40.5 Å². The Morgan fingerprint density at radius 3 is 2.31 bits per heavy atom. The van der Waals surface area contributed by atoms with Crippen molar-refractivity contribution < 1.29 is 32.4 Å². The molecule has 0 aliphatic heterocycles. The number of nitrogens with zero attached hydrogens (tertiary/aromatic N) is 2. The molecular formula is C19H18ClF3N4O5. The van der Waals surface area contributed by atoms with Gasteiger partial charge in [0.05, 0.1) is 41.8 Å². The molecule has 0 aromatic heterocycles. The number of nitro benzene ring substituents is 1. The van der Waals surface area contributed by atoms with E-state index < -0.39 is 33.5 Å². The SMILES string of the molecule is COc1ccc(NC(=O)CN(C)CC(=O)Nc2ccc(Cl)c(C(F)(F)F)c2)c([N+](=O)[O-])c1. The van der Waals surface area contributed by atoms with Gasteiger partial charge in [0, 0.05) is 5.69 Å². The summed E-state index contributed by atoms with van der Waals surface area (Å²) >= 11 is 5.54. The van der Waals surface area contributed by atoms with Gasteiger partial charge in [-0.15, -0.1) is 0 Å². The molecule has 32 heavy (non-hydrogen) atoms. The maximum absolute atomic E-state index is 12.9. The van der Waals surface area contributed by atoms with Crippen LogP contribution in [0.2, 0.25) is 5.02 Å². The summed E-state index contributed by atoms with van der Waals surface area (Å²) in [6, 6.07) is 6.81. The van der Waals surface area contributed by atoms with Crippen molar-refractivity contribution in [3.05, 3.63) is 57.1 Å². The van der Waals surface area contributed by atoms with Gasteiger partial charge in [0.15, 0.2) is 0 Å². The summed E-state index contributed by atoms with van der Waals surface area (Å²) < 4.78 is 43.7. The summed E-state index contributed by atoms with van der Waals surface area (Å²) in [4.78, 5) is 36.1. The number of amides is 2. The highest BCUT2D eigenvalue weighted by Gasteiger charge is 2.33. The van der Waals surface area contributed by atoms with Gasteiger partial charge in [-0.3, -0.25) is 24.6 Å². The number of halogens is 4. The number of nitrogens with one attached hydrogen (secondary N) is 2. The number of rotatable bonds is 8. The van der Waals surface area contributed by atoms with Crippen LogP contribution in [-0.4, -0.2) is 48.9 Å². The van der Waals surface area contributed by atoms with Crippen molar-refractivity contribution in [2.24, 2.45) is 0 Å². The molecular weight excluding hydrogens is 457 g/mol. The molecule has 172 valence electrons. The zero-order chi connectivity index (χ0) is 24.1. The van der Waals surface area contributed by atoms with Crippen LogP contribution < -0.4 is 15.4 Å². The predicted molar refractivity (Wildman–Crippen MR) is 111 cm³/mol. The lowest BCUT2D eigenvalue weighted by Gasteiger charge is -2.17. The smallest absolute Gasteiger partial charge is 0.417 e. The minimum atomic E-state index is -4.68. The van der Waals surface area contributed by atoms with Crippen LogP contribution in [-0.2, 0) is 15.8 Å². The third kappa shape index (κ3) is 6.82. The number of hydrogen-bond donors (Lipinski definition) is 2. The van der Waals surface area contributed by atoms with E-state index in [4.69, 9.17) is 16.3 Å². The summed E-state index contributed by atoms with van der Waals surface area (Å²) in [6.45, 7) is -0.646. The normalized spacial score (nSPS) is 11.2. The molecule has 0 spiro atoms. The number of likely N-dealkylation sites (N-methyl/N-ethyl adjacent to an activating group) is 1. The van der Waals surface area contributed by atoms with Gasteiger partial charge in [0.25, 0.3) is 5.69 Å². The number of hydrogen-bond acceptors (Lipinski definition) is 6. The lowest BCUT2D eigenvalue weighted by atomic mass is 10.2. The van der Waals surface area contributed by atoms with Crippen LogP contribution in [0.4, 0.5) is 30.2 Å². The minimum Gasteiger partial charge on any atom is -0.496 e. The predicted octanol–water partition coefficient (Wildman–Crippen LogP) is 3.78. The molecule has 0 heterocycles. The first-order valence-corrected chi connectivity index (χ1v) is 9.26. The Bertz CT molecular complexity index is 1030. The molecule has 13 heteroatoms. The monoisotopic (exact) mass is 474 g/mol. The van der Waals surface area contributed by atoms with Crippen molar-refractivity contribution in [1.29, 1.82) is 0 Å². The van der Waals surface area contributed by atoms with Gasteiger partial charge in [-0.2, -0.15) is 13.2 Å². The van der Waals surface area contributed by atoms with E-state index >= 15 is 0 Å². The largest absolute Gasteiger partial charge is 0.496 e. The third-order valence-corrected chi connectivity index (χ3v) is 4.39. The zero-order valence-corrected chi connectivity index (χ0v) is 17.6. The third-order valence-electron chi connectivity index (χ3n) is 4.06. The Morgan fingerprint density at radius 2 is 1.75 bits per heavy atom. The molecule has 0 saturated heterocycles. The first kappa shape index (κ1) is 24.9. The second-order valence-electron chi connectivity index (χ2n) is 6.60. The van der Waals surface area contributed by atoms with E-state index in [1.165, 1.54) is 37.3 Å². The van der Waals surface area contributed by atoms with Gasteiger partial charge in [-0.1, -0.05) is 11.6 Å². The molecule has 0 saturated carbocycles. The summed E-state index contributed by atoms with van der Waals surface area (Å²) in [5.41, 5.74) is -1.63. The number of carbonyl (C=O) groups is 2. The highest BCUT2D eigenvalue weighted by Crippen LogP contribution is 2.36. The van der Waals surface area contributed by atoms with E-state index in [1.54, 1.807) is 0 Å². The Balaban J connectivity index is 1.97. The van der Waals surface area contributed by atoms with Gasteiger partial charge in [-0.25, -0.2) is 0 Å². The molecule has 0 aliphatic rings. The van der Waals surface area contributed by atoms with Gasteiger partial charge in [0.2, 0.25) is 11.8 Å². The van der Waals surface area contributed by atoms with Crippen molar-refractivity contribution in [3.8, 4) is 5.75 Å². The zero-order valence-electron chi connectivity index (χ0n) is 16.8. The van der Waals surface area contributed by atoms with Gasteiger partial charge >= 0.3 is 6.18 Å². The Morgan fingerprint density at radius 1 is 1.12 bits per heavy atom. The molecule has 2 N–H and O–H groups in total. The number of alkyl halides is 3. The van der Waals surface area contributed by atoms with E-state index in [0.29, 0.717) is 6.07 Å². The summed E-state index contributed by atoms with van der Waals surface area (Å²) in [6.07, 6.45) is -4.68. The van der Waals surface area contributed by atoms with E-state index in [2.05, 4.69) is 10.6 Å². The van der Waals surface area contributed by atoms with Gasteiger partial charge in [-0.05, 0) is 37.4 Å². The van der Waals surface area contributed by atoms with Crippen molar-refractivity contribution in [3.63, 3.8) is 0 Å². The Labute approximate surface area is 185 Å². The molecule has 0 atom stereocenters. The standard InChI is InChI=1S/C19H18ClF3N4O5/c1-26(9-17(28)24-11-3-5-14(20)13(7-11)19(21,22)23)10-18(29)25-15-6-4-12(32-2)8-16(15)27(30)31/h3-8H,9-10H2,1-2H3,(H,24,28)(H,25,29). The van der Waals surface area contributed by atoms with Gasteiger partial charge < -0.3 is 15.4 Å². The van der Waals surface area contributed by atoms with Crippen LogP contribution in [0.25, 0.3) is 0 Å². The average Bonchev–Trinajstić information content (AvgIpc) is 2.68. The molecule has 0 unspecified atom stereocenters. The molecule has 2 aromatic rings. The van der Waals surface area contributed by atoms with Crippen LogP contribution in [0, 0.1) is 10.1 Å². The highest BCUT2D eigenvalue weighted by molar-refractivity contribution is 6.31. The van der Waals surface area contributed by atoms with Crippen molar-refractivity contribution in [2.45, 2.75) is 6.18 Å². The van der Waals surface area contributed by atoms with E-state index in [1.807, 2.05) is 0 Å². The van der Waals surface area contributed by atoms with E-state index in [-0.39, 0.29) is 35.9 Å². The topological polar surface area (TPSA) is 114 Å². The molecule has 0 radical (unpaired) electrons. The van der Waals surface area contributed by atoms with Gasteiger partial charge in [0.1, 0.15) is 11.4 Å². The fourth-order valence-corrected chi connectivity index (χ4v) is 2.88. The summed E-state index contributed by atoms with van der Waals surface area (Å²) in [5, 5.41) is 15.3. The van der Waals surface area contributed by atoms with Crippen LogP contribution in [0.1, 0.15) is 5.56 Å². The number of methoxy groups -OCH3 is 1. The molecule has 0 fully saturated rings. The fourth-order valence-electron chi connectivity index (χ4n) is 2.65. The number of nitro groups is 1. The molecule has 2 amide bonds. The van der Waals surface area contributed by atoms with Crippen molar-refractivity contribution in [1.82, 2.24) is 4.90 Å². The number of benzene rings is 2.